The van der Waals surface area contributed by atoms with Crippen LogP contribution in [0, 0.1) is 18.3 Å². The number of rotatable bonds is 2. The van der Waals surface area contributed by atoms with Gasteiger partial charge in [-0.2, -0.15) is 20.3 Å². The maximum Gasteiger partial charge on any atom is 0.231 e. The zero-order valence-electron chi connectivity index (χ0n) is 12.2. The summed E-state index contributed by atoms with van der Waals surface area (Å²) in [5, 5.41) is 17.1. The first-order valence-corrected chi connectivity index (χ1v) is 7.20. The maximum absolute atomic E-state index is 9.27. The minimum Gasteiger partial charge on any atom is -0.383 e. The molecule has 0 atom stereocenters. The van der Waals surface area contributed by atoms with E-state index in [-0.39, 0.29) is 5.82 Å². The summed E-state index contributed by atoms with van der Waals surface area (Å²) in [7, 11) is 3.66. The lowest BCUT2D eigenvalue weighted by Gasteiger charge is -2.06. The smallest absolute Gasteiger partial charge is 0.231 e. The van der Waals surface area contributed by atoms with Crippen LogP contribution in [0.2, 0.25) is 0 Å². The van der Waals surface area contributed by atoms with Crippen LogP contribution < -0.4 is 11.1 Å². The number of aryl methyl sites for hydroxylation is 2. The lowest BCUT2D eigenvalue weighted by atomic mass is 10.2. The topological polar surface area (TPSA) is 110 Å². The maximum atomic E-state index is 9.27. The van der Waals surface area contributed by atoms with Crippen LogP contribution in [0.25, 0.3) is 11.0 Å². The molecule has 3 rings (SSSR count). The number of hydrogen-bond donors (Lipinski definition) is 2. The van der Waals surface area contributed by atoms with Gasteiger partial charge in [-0.25, -0.2) is 0 Å². The van der Waals surface area contributed by atoms with Gasteiger partial charge in [-0.1, -0.05) is 0 Å². The Morgan fingerprint density at radius 3 is 2.68 bits per heavy atom. The number of hydrogen-bond acceptors (Lipinski definition) is 6. The zero-order valence-corrected chi connectivity index (χ0v) is 13.8. The van der Waals surface area contributed by atoms with Gasteiger partial charge in [0.15, 0.2) is 0 Å². The van der Waals surface area contributed by atoms with Crippen molar-refractivity contribution in [3.63, 3.8) is 0 Å². The van der Waals surface area contributed by atoms with Crippen LogP contribution >= 0.6 is 15.9 Å². The predicted octanol–water partition coefficient (Wildman–Crippen LogP) is 1.97. The molecule has 0 bridgehead atoms. The van der Waals surface area contributed by atoms with Gasteiger partial charge in [-0.3, -0.25) is 4.68 Å². The molecular weight excluding hydrogens is 348 g/mol. The molecule has 8 nitrogen and oxygen atoms in total. The Morgan fingerprint density at radius 1 is 1.36 bits per heavy atom. The second-order valence-electron chi connectivity index (χ2n) is 4.86. The molecule has 9 heteroatoms. The third-order valence-corrected chi connectivity index (χ3v) is 4.51. The zero-order chi connectivity index (χ0) is 16.0. The highest BCUT2D eigenvalue weighted by molar-refractivity contribution is 9.10. The van der Waals surface area contributed by atoms with E-state index in [1.807, 2.05) is 14.0 Å². The lowest BCUT2D eigenvalue weighted by molar-refractivity contribution is 0.740. The molecule has 0 fully saturated rings. The van der Waals surface area contributed by atoms with Crippen molar-refractivity contribution in [1.29, 1.82) is 5.26 Å². The monoisotopic (exact) mass is 360 g/mol. The van der Waals surface area contributed by atoms with Crippen molar-refractivity contribution >= 4 is 44.4 Å². The molecule has 22 heavy (non-hydrogen) atoms. The van der Waals surface area contributed by atoms with Crippen LogP contribution in [0.4, 0.5) is 17.5 Å². The van der Waals surface area contributed by atoms with Crippen molar-refractivity contribution in [3.8, 4) is 6.07 Å². The van der Waals surface area contributed by atoms with Gasteiger partial charge in [0.2, 0.25) is 5.95 Å². The van der Waals surface area contributed by atoms with E-state index >= 15 is 0 Å². The first kappa shape index (κ1) is 14.3. The second-order valence-corrected chi connectivity index (χ2v) is 5.61. The Morgan fingerprint density at radius 2 is 2.09 bits per heavy atom. The second kappa shape index (κ2) is 4.99. The lowest BCUT2D eigenvalue weighted by Crippen LogP contribution is -2.03. The van der Waals surface area contributed by atoms with Crippen molar-refractivity contribution in [3.05, 3.63) is 22.1 Å². The van der Waals surface area contributed by atoms with Crippen LogP contribution in [0.15, 0.2) is 10.8 Å². The number of halogens is 1. The van der Waals surface area contributed by atoms with Crippen LogP contribution in [-0.4, -0.2) is 24.3 Å². The highest BCUT2D eigenvalue weighted by Crippen LogP contribution is 2.32. The summed E-state index contributed by atoms with van der Waals surface area (Å²) in [6.07, 6.45) is 1.70. The molecule has 0 aliphatic rings. The van der Waals surface area contributed by atoms with E-state index < -0.39 is 0 Å². The van der Waals surface area contributed by atoms with E-state index in [1.165, 1.54) is 0 Å². The van der Waals surface area contributed by atoms with Gasteiger partial charge in [0.05, 0.1) is 28.5 Å². The quantitative estimate of drug-likeness (QED) is 0.722. The van der Waals surface area contributed by atoms with Gasteiger partial charge in [0, 0.05) is 14.1 Å². The van der Waals surface area contributed by atoms with E-state index in [4.69, 9.17) is 5.73 Å². The van der Waals surface area contributed by atoms with Gasteiger partial charge in [0.1, 0.15) is 22.1 Å². The first-order chi connectivity index (χ1) is 10.4. The summed E-state index contributed by atoms with van der Waals surface area (Å²) < 4.78 is 4.13. The Labute approximate surface area is 134 Å². The average molecular weight is 361 g/mol. The molecular formula is C13H13BrN8. The van der Waals surface area contributed by atoms with E-state index in [2.05, 4.69) is 42.4 Å². The number of fused-ring (bicyclic) bond motifs is 1. The molecule has 3 aromatic heterocycles. The Kier molecular flexibility index (Phi) is 3.26. The number of nitrogens with zero attached hydrogens (tertiary/aromatic N) is 6. The fourth-order valence-corrected chi connectivity index (χ4v) is 2.67. The van der Waals surface area contributed by atoms with Crippen LogP contribution in [-0.2, 0) is 14.1 Å². The molecule has 0 aromatic carbocycles. The van der Waals surface area contributed by atoms with E-state index in [0.717, 1.165) is 11.4 Å². The van der Waals surface area contributed by atoms with Gasteiger partial charge in [-0.15, -0.1) is 0 Å². The SMILES string of the molecule is Cc1c(Nc2nc(N)c3c(C#N)c(Br)n(C)c3n2)cnn1C. The summed E-state index contributed by atoms with van der Waals surface area (Å²) in [5.41, 5.74) is 8.78. The molecule has 0 aliphatic heterocycles. The van der Waals surface area contributed by atoms with Crippen LogP contribution in [0.1, 0.15) is 11.3 Å². The van der Waals surface area contributed by atoms with Gasteiger partial charge in [-0.05, 0) is 22.9 Å². The van der Waals surface area contributed by atoms with Crippen LogP contribution in [0.5, 0.6) is 0 Å². The normalized spacial score (nSPS) is 10.9. The van der Waals surface area contributed by atoms with E-state index in [9.17, 15) is 5.26 Å². The van der Waals surface area contributed by atoms with Crippen molar-refractivity contribution < 1.29 is 0 Å². The van der Waals surface area contributed by atoms with Crippen molar-refractivity contribution in [2.75, 3.05) is 11.1 Å². The van der Waals surface area contributed by atoms with E-state index in [0.29, 0.717) is 27.1 Å². The Bertz CT molecular complexity index is 930. The summed E-state index contributed by atoms with van der Waals surface area (Å²) in [6, 6.07) is 2.12. The third kappa shape index (κ3) is 2.00. The molecule has 0 unspecified atom stereocenters. The summed E-state index contributed by atoms with van der Waals surface area (Å²) in [5.74, 6) is 0.616. The summed E-state index contributed by atoms with van der Waals surface area (Å²) >= 11 is 3.38. The minimum atomic E-state index is 0.256. The molecule has 0 spiro atoms. The number of nitriles is 1. The predicted molar refractivity (Wildman–Crippen MR) is 86.6 cm³/mol. The average Bonchev–Trinajstić information content (AvgIpc) is 2.92. The molecule has 0 radical (unpaired) electrons. The molecule has 0 aliphatic carbocycles. The standard InChI is InChI=1S/C13H13BrN8/c1-6-8(5-17-22(6)3)18-13-19-11(16)9-7(4-15)10(14)21(2)12(9)20-13/h5H,1-3H3,(H3,16,18,19,20). The third-order valence-electron chi connectivity index (χ3n) is 3.58. The van der Waals surface area contributed by atoms with Gasteiger partial charge < -0.3 is 15.6 Å². The van der Waals surface area contributed by atoms with Gasteiger partial charge in [0.25, 0.3) is 0 Å². The largest absolute Gasteiger partial charge is 0.383 e. The van der Waals surface area contributed by atoms with E-state index in [1.54, 1.807) is 22.5 Å². The first-order valence-electron chi connectivity index (χ1n) is 6.41. The summed E-state index contributed by atoms with van der Waals surface area (Å²) in [6.45, 7) is 1.93. The van der Waals surface area contributed by atoms with Crippen LogP contribution in [0.3, 0.4) is 0 Å². The molecule has 0 amide bonds. The highest BCUT2D eigenvalue weighted by atomic mass is 79.9. The molecule has 3 N–H and O–H groups in total. The minimum absolute atomic E-state index is 0.256. The van der Waals surface area contributed by atoms with Crippen molar-refractivity contribution in [2.24, 2.45) is 14.1 Å². The fraction of sp³-hybridized carbons (Fsp3) is 0.231. The number of nitrogens with one attached hydrogen (secondary N) is 1. The highest BCUT2D eigenvalue weighted by Gasteiger charge is 2.19. The molecule has 3 heterocycles. The molecule has 0 saturated carbocycles. The molecule has 0 saturated heterocycles. The molecule has 112 valence electrons. The number of aromatic nitrogens is 5. The Balaban J connectivity index is 2.16. The van der Waals surface area contributed by atoms with Gasteiger partial charge >= 0.3 is 0 Å². The summed E-state index contributed by atoms with van der Waals surface area (Å²) in [4.78, 5) is 8.70. The number of anilines is 3. The van der Waals surface area contributed by atoms with Crippen molar-refractivity contribution in [1.82, 2.24) is 24.3 Å². The fourth-order valence-electron chi connectivity index (χ4n) is 2.21. The Hall–Kier alpha value is -2.60. The number of nitrogens with two attached hydrogens (primary N) is 1. The molecule has 3 aromatic rings. The van der Waals surface area contributed by atoms with Crippen molar-refractivity contribution in [2.45, 2.75) is 6.92 Å². The number of nitrogen functional groups attached to an aromatic ring is 1.